The van der Waals surface area contributed by atoms with Crippen molar-refractivity contribution >= 4 is 5.91 Å². The Morgan fingerprint density at radius 2 is 2.26 bits per heavy atom. The lowest BCUT2D eigenvalue weighted by Crippen LogP contribution is -2.40. The van der Waals surface area contributed by atoms with Crippen molar-refractivity contribution in [1.82, 2.24) is 25.1 Å². The van der Waals surface area contributed by atoms with Gasteiger partial charge in [-0.1, -0.05) is 0 Å². The van der Waals surface area contributed by atoms with Crippen LogP contribution in [-0.4, -0.2) is 44.1 Å². The van der Waals surface area contributed by atoms with E-state index in [2.05, 4.69) is 20.2 Å². The number of imidazole rings is 1. The van der Waals surface area contributed by atoms with Gasteiger partial charge in [-0.25, -0.2) is 4.98 Å². The molecule has 2 aromatic rings. The minimum Gasteiger partial charge on any atom is -0.342 e. The number of amides is 1. The summed E-state index contributed by atoms with van der Waals surface area (Å²) in [5.41, 5.74) is -0.136. The van der Waals surface area contributed by atoms with Gasteiger partial charge < -0.3 is 9.88 Å². The number of nitrogens with one attached hydrogen (secondary N) is 2. The fourth-order valence-electron chi connectivity index (χ4n) is 2.77. The monoisotopic (exact) mass is 327 g/mol. The Balaban J connectivity index is 1.66. The number of hydrogen-bond acceptors (Lipinski definition) is 3. The first kappa shape index (κ1) is 15.6. The Bertz CT molecular complexity index is 664. The van der Waals surface area contributed by atoms with Crippen molar-refractivity contribution < 1.29 is 18.0 Å². The molecule has 1 aliphatic heterocycles. The maximum Gasteiger partial charge on any atom is 0.432 e. The zero-order valence-corrected chi connectivity index (χ0v) is 12.2. The SMILES string of the molecule is O=C(Cc1ccn[nH]1)N1CCC[C@@H](c2ncc(C(F)(F)F)[nH]2)C1. The van der Waals surface area contributed by atoms with Crippen LogP contribution in [-0.2, 0) is 17.4 Å². The number of piperidine rings is 1. The molecule has 3 rings (SSSR count). The molecule has 0 unspecified atom stereocenters. The summed E-state index contributed by atoms with van der Waals surface area (Å²) < 4.78 is 37.9. The molecule has 0 radical (unpaired) electrons. The smallest absolute Gasteiger partial charge is 0.342 e. The number of H-pyrrole nitrogens is 2. The lowest BCUT2D eigenvalue weighted by atomic mass is 9.97. The highest BCUT2D eigenvalue weighted by molar-refractivity contribution is 5.78. The fourth-order valence-corrected chi connectivity index (χ4v) is 2.77. The minimum atomic E-state index is -4.43. The van der Waals surface area contributed by atoms with E-state index in [1.165, 1.54) is 0 Å². The molecule has 1 fully saturated rings. The molecule has 0 aromatic carbocycles. The Kier molecular flexibility index (Phi) is 4.10. The van der Waals surface area contributed by atoms with Crippen LogP contribution in [0.25, 0.3) is 0 Å². The van der Waals surface area contributed by atoms with Crippen LogP contribution in [0.15, 0.2) is 18.5 Å². The van der Waals surface area contributed by atoms with Gasteiger partial charge in [0.25, 0.3) is 0 Å². The first-order valence-electron chi connectivity index (χ1n) is 7.31. The van der Waals surface area contributed by atoms with Gasteiger partial charge in [-0.05, 0) is 18.9 Å². The van der Waals surface area contributed by atoms with E-state index in [1.54, 1.807) is 17.2 Å². The molecule has 2 N–H and O–H groups in total. The third kappa shape index (κ3) is 3.54. The molecule has 3 heterocycles. The molecule has 124 valence electrons. The maximum absolute atomic E-state index is 12.6. The lowest BCUT2D eigenvalue weighted by molar-refractivity contribution is -0.141. The predicted octanol–water partition coefficient (Wildman–Crippen LogP) is 2.10. The molecule has 2 aromatic heterocycles. The molecule has 1 aliphatic rings. The molecular weight excluding hydrogens is 311 g/mol. The number of aromatic amines is 2. The number of hydrogen-bond donors (Lipinski definition) is 2. The summed E-state index contributed by atoms with van der Waals surface area (Å²) in [6, 6.07) is 1.72. The van der Waals surface area contributed by atoms with E-state index in [4.69, 9.17) is 0 Å². The molecule has 0 spiro atoms. The van der Waals surface area contributed by atoms with Crippen LogP contribution in [0.5, 0.6) is 0 Å². The predicted molar refractivity (Wildman–Crippen MR) is 74.4 cm³/mol. The van der Waals surface area contributed by atoms with E-state index >= 15 is 0 Å². The van der Waals surface area contributed by atoms with E-state index in [-0.39, 0.29) is 24.1 Å². The van der Waals surface area contributed by atoms with E-state index in [0.717, 1.165) is 18.3 Å². The minimum absolute atomic E-state index is 0.0680. The van der Waals surface area contributed by atoms with Crippen molar-refractivity contribution in [1.29, 1.82) is 0 Å². The highest BCUT2D eigenvalue weighted by Crippen LogP contribution is 2.31. The number of halogens is 3. The zero-order chi connectivity index (χ0) is 16.4. The van der Waals surface area contributed by atoms with Crippen LogP contribution in [0.2, 0.25) is 0 Å². The van der Waals surface area contributed by atoms with Gasteiger partial charge in [0.1, 0.15) is 11.5 Å². The van der Waals surface area contributed by atoms with Crippen molar-refractivity contribution in [3.63, 3.8) is 0 Å². The largest absolute Gasteiger partial charge is 0.432 e. The van der Waals surface area contributed by atoms with Crippen LogP contribution < -0.4 is 0 Å². The third-order valence-electron chi connectivity index (χ3n) is 3.96. The number of carbonyl (C=O) groups is 1. The van der Waals surface area contributed by atoms with E-state index in [0.29, 0.717) is 19.5 Å². The van der Waals surface area contributed by atoms with Gasteiger partial charge in [0.2, 0.25) is 5.91 Å². The highest BCUT2D eigenvalue weighted by atomic mass is 19.4. The van der Waals surface area contributed by atoms with Crippen LogP contribution >= 0.6 is 0 Å². The Morgan fingerprint density at radius 1 is 1.43 bits per heavy atom. The van der Waals surface area contributed by atoms with Crippen LogP contribution in [0, 0.1) is 0 Å². The quantitative estimate of drug-likeness (QED) is 0.906. The summed E-state index contributed by atoms with van der Waals surface area (Å²) >= 11 is 0. The van der Waals surface area contributed by atoms with Crippen LogP contribution in [0.1, 0.15) is 36.0 Å². The van der Waals surface area contributed by atoms with Crippen LogP contribution in [0.4, 0.5) is 13.2 Å². The van der Waals surface area contributed by atoms with Gasteiger partial charge in [0.05, 0.1) is 12.6 Å². The summed E-state index contributed by atoms with van der Waals surface area (Å²) in [6.07, 6.45) is -0.404. The molecule has 1 saturated heterocycles. The summed E-state index contributed by atoms with van der Waals surface area (Å²) in [4.78, 5) is 20.1. The maximum atomic E-state index is 12.6. The molecule has 6 nitrogen and oxygen atoms in total. The van der Waals surface area contributed by atoms with Gasteiger partial charge in [-0.15, -0.1) is 0 Å². The first-order valence-corrected chi connectivity index (χ1v) is 7.31. The number of rotatable bonds is 3. The van der Waals surface area contributed by atoms with Crippen molar-refractivity contribution in [2.24, 2.45) is 0 Å². The van der Waals surface area contributed by atoms with Gasteiger partial charge in [0.15, 0.2) is 0 Å². The topological polar surface area (TPSA) is 77.7 Å². The fraction of sp³-hybridized carbons (Fsp3) is 0.500. The zero-order valence-electron chi connectivity index (χ0n) is 12.2. The Morgan fingerprint density at radius 3 is 2.91 bits per heavy atom. The number of aromatic nitrogens is 4. The summed E-state index contributed by atoms with van der Waals surface area (Å²) in [7, 11) is 0. The molecular formula is C14H16F3N5O. The highest BCUT2D eigenvalue weighted by Gasteiger charge is 2.34. The van der Waals surface area contributed by atoms with E-state index in [9.17, 15) is 18.0 Å². The van der Waals surface area contributed by atoms with Crippen molar-refractivity contribution in [3.8, 4) is 0 Å². The number of nitrogens with zero attached hydrogens (tertiary/aromatic N) is 3. The first-order chi connectivity index (χ1) is 10.9. The normalized spacial score (nSPS) is 19.1. The average molecular weight is 327 g/mol. The molecule has 0 bridgehead atoms. The number of carbonyl (C=O) groups excluding carboxylic acids is 1. The van der Waals surface area contributed by atoms with E-state index < -0.39 is 11.9 Å². The second-order valence-corrected chi connectivity index (χ2v) is 5.62. The lowest BCUT2D eigenvalue weighted by Gasteiger charge is -2.31. The molecule has 23 heavy (non-hydrogen) atoms. The van der Waals surface area contributed by atoms with Gasteiger partial charge >= 0.3 is 6.18 Å². The molecule has 9 heteroatoms. The van der Waals surface area contributed by atoms with Gasteiger partial charge in [-0.3, -0.25) is 9.89 Å². The van der Waals surface area contributed by atoms with E-state index in [1.807, 2.05) is 0 Å². The molecule has 0 saturated carbocycles. The number of alkyl halides is 3. The summed E-state index contributed by atoms with van der Waals surface area (Å²) in [6.45, 7) is 0.980. The summed E-state index contributed by atoms with van der Waals surface area (Å²) in [5, 5.41) is 6.52. The standard InChI is InChI=1S/C14H16F3N5O/c15-14(16,17)11-7-18-13(20-11)9-2-1-5-22(8-9)12(23)6-10-3-4-19-21-10/h3-4,7,9H,1-2,5-6,8H2,(H,18,20)(H,19,21)/t9-/m1/s1. The van der Waals surface area contributed by atoms with Crippen molar-refractivity contribution in [2.45, 2.75) is 31.4 Å². The van der Waals surface area contributed by atoms with Gasteiger partial charge in [-0.2, -0.15) is 18.3 Å². The second kappa shape index (κ2) is 6.05. The van der Waals surface area contributed by atoms with Crippen molar-refractivity contribution in [3.05, 3.63) is 35.7 Å². The molecule has 0 aliphatic carbocycles. The van der Waals surface area contributed by atoms with Gasteiger partial charge in [0, 0.05) is 30.9 Å². The summed E-state index contributed by atoms with van der Waals surface area (Å²) in [5.74, 6) is 0.0171. The average Bonchev–Trinajstić information content (AvgIpc) is 3.18. The second-order valence-electron chi connectivity index (χ2n) is 5.62. The Hall–Kier alpha value is -2.32. The third-order valence-corrected chi connectivity index (χ3v) is 3.96. The number of likely N-dealkylation sites (tertiary alicyclic amines) is 1. The molecule has 1 atom stereocenters. The van der Waals surface area contributed by atoms with Crippen molar-refractivity contribution in [2.75, 3.05) is 13.1 Å². The molecule has 1 amide bonds. The Labute approximate surface area is 130 Å². The van der Waals surface area contributed by atoms with Crippen LogP contribution in [0.3, 0.4) is 0 Å².